The second-order valence-electron chi connectivity index (χ2n) is 5.17. The molecular weight excluding hydrogens is 308 g/mol. The molecule has 2 aromatic rings. The van der Waals surface area contributed by atoms with Gasteiger partial charge in [0, 0.05) is 32.3 Å². The molecule has 1 aliphatic rings. The second kappa shape index (κ2) is 5.65. The first-order chi connectivity index (χ1) is 10.5. The van der Waals surface area contributed by atoms with E-state index in [2.05, 4.69) is 10.1 Å². The van der Waals surface area contributed by atoms with Gasteiger partial charge in [0.15, 0.2) is 5.82 Å². The van der Waals surface area contributed by atoms with Gasteiger partial charge in [0.05, 0.1) is 11.4 Å². The number of hydrogen-bond donors (Lipinski definition) is 0. The molecule has 1 aliphatic heterocycles. The summed E-state index contributed by atoms with van der Waals surface area (Å²) in [7, 11) is -3.56. The molecule has 0 radical (unpaired) electrons. The minimum atomic E-state index is -3.56. The molecular formula is C13H16N4O4S. The summed E-state index contributed by atoms with van der Waals surface area (Å²) in [6.45, 7) is 2.75. The van der Waals surface area contributed by atoms with Crippen LogP contribution in [0.25, 0.3) is 0 Å². The molecule has 0 unspecified atom stereocenters. The number of sulfonamides is 1. The molecule has 0 aromatic carbocycles. The summed E-state index contributed by atoms with van der Waals surface area (Å²) in [4.78, 5) is 16.0. The minimum Gasteiger partial charge on any atom is -0.340 e. The van der Waals surface area contributed by atoms with Crippen LogP contribution in [0.15, 0.2) is 32.5 Å². The zero-order chi connectivity index (χ0) is 15.7. The third kappa shape index (κ3) is 2.81. The Bertz CT molecular complexity index is 834. The molecule has 118 valence electrons. The standard InChI is InChI=1S/C13H16N4O4S/c1-10-14-12(15-21-10)9-16-8-11(4-5-13(16)18)22(19,20)17-6-2-3-7-17/h4-5,8H,2-3,6-7,9H2,1H3. The van der Waals surface area contributed by atoms with Gasteiger partial charge in [-0.05, 0) is 18.9 Å². The van der Waals surface area contributed by atoms with Crippen LogP contribution in [0.2, 0.25) is 0 Å². The van der Waals surface area contributed by atoms with Gasteiger partial charge >= 0.3 is 0 Å². The fourth-order valence-electron chi connectivity index (χ4n) is 2.42. The topological polar surface area (TPSA) is 98.3 Å². The molecule has 1 saturated heterocycles. The minimum absolute atomic E-state index is 0.0690. The SMILES string of the molecule is Cc1nc(Cn2cc(S(=O)(=O)N3CCCC3)ccc2=O)no1. The van der Waals surface area contributed by atoms with E-state index < -0.39 is 10.0 Å². The Hall–Kier alpha value is -2.00. The maximum absolute atomic E-state index is 12.5. The lowest BCUT2D eigenvalue weighted by Crippen LogP contribution is -2.29. The van der Waals surface area contributed by atoms with Crippen LogP contribution < -0.4 is 5.56 Å². The van der Waals surface area contributed by atoms with E-state index in [1.807, 2.05) is 0 Å². The third-order valence-corrected chi connectivity index (χ3v) is 5.42. The fourth-order valence-corrected chi connectivity index (χ4v) is 3.96. The van der Waals surface area contributed by atoms with Gasteiger partial charge in [0.2, 0.25) is 15.9 Å². The number of rotatable bonds is 4. The molecule has 3 heterocycles. The molecule has 0 N–H and O–H groups in total. The van der Waals surface area contributed by atoms with Crippen molar-refractivity contribution in [3.8, 4) is 0 Å². The van der Waals surface area contributed by atoms with Gasteiger partial charge in [-0.15, -0.1) is 0 Å². The molecule has 3 rings (SSSR count). The van der Waals surface area contributed by atoms with E-state index in [1.54, 1.807) is 6.92 Å². The molecule has 22 heavy (non-hydrogen) atoms. The molecule has 2 aromatic heterocycles. The van der Waals surface area contributed by atoms with Gasteiger partial charge < -0.3 is 9.09 Å². The van der Waals surface area contributed by atoms with Crippen molar-refractivity contribution < 1.29 is 12.9 Å². The maximum Gasteiger partial charge on any atom is 0.251 e. The second-order valence-corrected chi connectivity index (χ2v) is 7.11. The Labute approximate surface area is 127 Å². The quantitative estimate of drug-likeness (QED) is 0.806. The van der Waals surface area contributed by atoms with Gasteiger partial charge in [-0.2, -0.15) is 9.29 Å². The Kier molecular flexibility index (Phi) is 3.83. The molecule has 0 bridgehead atoms. The highest BCUT2D eigenvalue weighted by Crippen LogP contribution is 2.19. The maximum atomic E-state index is 12.5. The molecule has 8 nitrogen and oxygen atoms in total. The monoisotopic (exact) mass is 324 g/mol. The van der Waals surface area contributed by atoms with Gasteiger partial charge in [0.1, 0.15) is 0 Å². The number of nitrogens with zero attached hydrogens (tertiary/aromatic N) is 4. The van der Waals surface area contributed by atoms with Crippen molar-refractivity contribution in [3.05, 3.63) is 40.4 Å². The first-order valence-corrected chi connectivity index (χ1v) is 8.41. The predicted octanol–water partition coefficient (Wildman–Crippen LogP) is 0.373. The van der Waals surface area contributed by atoms with Crippen molar-refractivity contribution in [1.82, 2.24) is 19.0 Å². The summed E-state index contributed by atoms with van der Waals surface area (Å²) in [6.07, 6.45) is 3.06. The average Bonchev–Trinajstić information content (AvgIpc) is 3.13. The van der Waals surface area contributed by atoms with Crippen LogP contribution >= 0.6 is 0 Å². The first-order valence-electron chi connectivity index (χ1n) is 6.97. The van der Waals surface area contributed by atoms with Gasteiger partial charge in [-0.1, -0.05) is 5.16 Å². The van der Waals surface area contributed by atoms with Crippen molar-refractivity contribution in [2.24, 2.45) is 0 Å². The molecule has 0 amide bonds. The Balaban J connectivity index is 1.94. The van der Waals surface area contributed by atoms with Crippen LogP contribution in [0.3, 0.4) is 0 Å². The molecule has 1 fully saturated rings. The van der Waals surface area contributed by atoms with Gasteiger partial charge in [-0.25, -0.2) is 8.42 Å². The van der Waals surface area contributed by atoms with E-state index in [0.29, 0.717) is 24.8 Å². The van der Waals surface area contributed by atoms with Crippen molar-refractivity contribution in [2.75, 3.05) is 13.1 Å². The van der Waals surface area contributed by atoms with E-state index in [1.165, 1.54) is 27.2 Å². The van der Waals surface area contributed by atoms with Crippen molar-refractivity contribution in [2.45, 2.75) is 31.2 Å². The summed E-state index contributed by atoms with van der Waals surface area (Å²) in [5.41, 5.74) is -0.317. The fraction of sp³-hybridized carbons (Fsp3) is 0.462. The summed E-state index contributed by atoms with van der Waals surface area (Å²) in [6, 6.07) is 2.59. The van der Waals surface area contributed by atoms with E-state index in [9.17, 15) is 13.2 Å². The molecule has 0 saturated carbocycles. The third-order valence-electron chi connectivity index (χ3n) is 3.54. The number of aryl methyl sites for hydroxylation is 1. The van der Waals surface area contributed by atoms with E-state index in [-0.39, 0.29) is 17.0 Å². The van der Waals surface area contributed by atoms with E-state index in [4.69, 9.17) is 4.52 Å². The largest absolute Gasteiger partial charge is 0.340 e. The Morgan fingerprint density at radius 2 is 2.00 bits per heavy atom. The Morgan fingerprint density at radius 3 is 2.64 bits per heavy atom. The zero-order valence-electron chi connectivity index (χ0n) is 12.1. The van der Waals surface area contributed by atoms with Crippen molar-refractivity contribution in [1.29, 1.82) is 0 Å². The van der Waals surface area contributed by atoms with Crippen LogP contribution in [0, 0.1) is 6.92 Å². The van der Waals surface area contributed by atoms with Crippen molar-refractivity contribution >= 4 is 10.0 Å². The first kappa shape index (κ1) is 14.9. The van der Waals surface area contributed by atoms with Crippen molar-refractivity contribution in [3.63, 3.8) is 0 Å². The van der Waals surface area contributed by atoms with Gasteiger partial charge in [-0.3, -0.25) is 4.79 Å². The van der Waals surface area contributed by atoms with Crippen LogP contribution in [0.5, 0.6) is 0 Å². The zero-order valence-corrected chi connectivity index (χ0v) is 12.9. The number of aromatic nitrogens is 3. The van der Waals surface area contributed by atoms with E-state index in [0.717, 1.165) is 12.8 Å². The number of hydrogen-bond acceptors (Lipinski definition) is 6. The lowest BCUT2D eigenvalue weighted by Gasteiger charge is -2.16. The molecule has 0 aliphatic carbocycles. The Morgan fingerprint density at radius 1 is 1.27 bits per heavy atom. The smallest absolute Gasteiger partial charge is 0.251 e. The predicted molar refractivity (Wildman–Crippen MR) is 76.8 cm³/mol. The highest BCUT2D eigenvalue weighted by Gasteiger charge is 2.27. The lowest BCUT2D eigenvalue weighted by atomic mass is 10.4. The average molecular weight is 324 g/mol. The summed E-state index contributed by atoms with van der Waals surface area (Å²) < 4.78 is 32.6. The molecule has 0 atom stereocenters. The van der Waals surface area contributed by atoms with Crippen LogP contribution in [-0.2, 0) is 16.6 Å². The van der Waals surface area contributed by atoms with E-state index >= 15 is 0 Å². The summed E-state index contributed by atoms with van der Waals surface area (Å²) >= 11 is 0. The highest BCUT2D eigenvalue weighted by atomic mass is 32.2. The van der Waals surface area contributed by atoms with Crippen LogP contribution in [0.4, 0.5) is 0 Å². The van der Waals surface area contributed by atoms with Gasteiger partial charge in [0.25, 0.3) is 5.56 Å². The normalized spacial score (nSPS) is 16.2. The summed E-state index contributed by atoms with van der Waals surface area (Å²) in [5.74, 6) is 0.721. The highest BCUT2D eigenvalue weighted by molar-refractivity contribution is 7.89. The summed E-state index contributed by atoms with van der Waals surface area (Å²) in [5, 5.41) is 3.72. The lowest BCUT2D eigenvalue weighted by molar-refractivity contribution is 0.386. The van der Waals surface area contributed by atoms with Crippen LogP contribution in [0.1, 0.15) is 24.6 Å². The molecule has 9 heteroatoms. The molecule has 0 spiro atoms. The van der Waals surface area contributed by atoms with Crippen LogP contribution in [-0.4, -0.2) is 40.5 Å². The number of pyridine rings is 1.